The zero-order valence-corrected chi connectivity index (χ0v) is 40.2. The number of ether oxygens (including phenoxy) is 6. The fourth-order valence-corrected chi connectivity index (χ4v) is 7.58. The van der Waals surface area contributed by atoms with Gasteiger partial charge < -0.3 is 64.2 Å². The molecule has 0 bridgehead atoms. The lowest BCUT2D eigenvalue weighted by Gasteiger charge is -2.42. The van der Waals surface area contributed by atoms with Crippen LogP contribution >= 0.6 is 0 Å². The molecule has 7 N–H and O–H groups in total. The fraction of sp³-hybridized carbons (Fsp3) is 0.804. The van der Waals surface area contributed by atoms with Crippen LogP contribution < -0.4 is 0 Å². The first-order valence-corrected chi connectivity index (χ1v) is 25.2. The summed E-state index contributed by atoms with van der Waals surface area (Å²) in [6.07, 6.45) is 24.4. The topological polar surface area (TPSA) is 231 Å². The molecular formula is C51H88O15. The first-order chi connectivity index (χ1) is 32.0. The number of hydrogen-bond acceptors (Lipinski definition) is 15. The Hall–Kier alpha value is -2.54. The van der Waals surface area contributed by atoms with Crippen LogP contribution in [0.2, 0.25) is 0 Å². The molecule has 2 saturated heterocycles. The molecule has 0 spiro atoms. The molecule has 2 heterocycles. The Morgan fingerprint density at radius 1 is 0.485 bits per heavy atom. The Morgan fingerprint density at radius 2 is 0.924 bits per heavy atom. The van der Waals surface area contributed by atoms with E-state index in [1.165, 1.54) is 77.0 Å². The zero-order valence-electron chi connectivity index (χ0n) is 40.2. The van der Waals surface area contributed by atoms with Crippen molar-refractivity contribution in [2.75, 3.05) is 26.4 Å². The highest BCUT2D eigenvalue weighted by Gasteiger charge is 2.47. The van der Waals surface area contributed by atoms with Crippen LogP contribution in [-0.2, 0) is 38.0 Å². The van der Waals surface area contributed by atoms with E-state index in [1.807, 2.05) is 6.08 Å². The van der Waals surface area contributed by atoms with E-state index < -0.39 is 99.3 Å². The van der Waals surface area contributed by atoms with Crippen LogP contribution in [-0.4, -0.2) is 142 Å². The summed E-state index contributed by atoms with van der Waals surface area (Å²) in [4.78, 5) is 25.7. The van der Waals surface area contributed by atoms with Crippen LogP contribution in [0.15, 0.2) is 48.6 Å². The van der Waals surface area contributed by atoms with E-state index in [0.717, 1.165) is 44.9 Å². The number of carbonyl (C=O) groups is 2. The van der Waals surface area contributed by atoms with E-state index in [0.29, 0.717) is 19.3 Å². The van der Waals surface area contributed by atoms with E-state index in [9.17, 15) is 45.3 Å². The summed E-state index contributed by atoms with van der Waals surface area (Å²) in [6.45, 7) is 2.49. The lowest BCUT2D eigenvalue weighted by Crippen LogP contribution is -2.61. The summed E-state index contributed by atoms with van der Waals surface area (Å²) in [5.41, 5.74) is 0. The van der Waals surface area contributed by atoms with Gasteiger partial charge in [0.1, 0.15) is 55.4 Å². The number of allylic oxidation sites excluding steroid dienone is 8. The van der Waals surface area contributed by atoms with Gasteiger partial charge in [0.15, 0.2) is 18.7 Å². The summed E-state index contributed by atoms with van der Waals surface area (Å²) < 4.78 is 33.5. The number of aliphatic hydroxyl groups is 7. The number of esters is 2. The van der Waals surface area contributed by atoms with Crippen molar-refractivity contribution in [3.05, 3.63) is 48.6 Å². The number of unbranched alkanes of at least 4 members (excludes halogenated alkanes) is 16. The van der Waals surface area contributed by atoms with Crippen molar-refractivity contribution >= 4 is 11.9 Å². The van der Waals surface area contributed by atoms with Gasteiger partial charge in [-0.2, -0.15) is 0 Å². The first-order valence-electron chi connectivity index (χ1n) is 25.2. The maximum atomic E-state index is 13.0. The SMILES string of the molecule is CCCCCCCC/C=C/C/C=C/C/C=C/CCCC(=O)OC[C@@H](CO[C@@H]1O[C@H](CO[C@@H]2O[C@H](CO)[C@H](O)C(O)C2O)[C@H](O)C(O)C1O)OC(=O)CCCCC/C=C/CCCCCCCC. The lowest BCUT2D eigenvalue weighted by atomic mass is 9.98. The molecule has 0 saturated carbocycles. The number of rotatable bonds is 38. The second-order valence-corrected chi connectivity index (χ2v) is 17.6. The molecule has 2 aliphatic heterocycles. The zero-order chi connectivity index (χ0) is 48.2. The van der Waals surface area contributed by atoms with E-state index in [1.54, 1.807) is 0 Å². The van der Waals surface area contributed by atoms with Crippen molar-refractivity contribution in [1.29, 1.82) is 0 Å². The van der Waals surface area contributed by atoms with E-state index in [4.69, 9.17) is 28.4 Å². The number of carbonyl (C=O) groups excluding carboxylic acids is 2. The van der Waals surface area contributed by atoms with Crippen molar-refractivity contribution in [3.8, 4) is 0 Å². The van der Waals surface area contributed by atoms with E-state index in [-0.39, 0.29) is 19.4 Å². The molecule has 66 heavy (non-hydrogen) atoms. The van der Waals surface area contributed by atoms with Gasteiger partial charge in [-0.25, -0.2) is 0 Å². The number of hydrogen-bond donors (Lipinski definition) is 7. The maximum absolute atomic E-state index is 13.0. The van der Waals surface area contributed by atoms with Crippen LogP contribution in [0, 0.1) is 0 Å². The third-order valence-electron chi connectivity index (χ3n) is 11.8. The average Bonchev–Trinajstić information content (AvgIpc) is 3.31. The third kappa shape index (κ3) is 26.3. The monoisotopic (exact) mass is 941 g/mol. The van der Waals surface area contributed by atoms with Crippen molar-refractivity contribution in [3.63, 3.8) is 0 Å². The van der Waals surface area contributed by atoms with Gasteiger partial charge >= 0.3 is 11.9 Å². The molecule has 0 aliphatic carbocycles. The van der Waals surface area contributed by atoms with Gasteiger partial charge in [0, 0.05) is 12.8 Å². The second-order valence-electron chi connectivity index (χ2n) is 17.6. The number of aliphatic hydroxyl groups excluding tert-OH is 7. The smallest absolute Gasteiger partial charge is 0.306 e. The normalized spacial score (nSPS) is 26.6. The fourth-order valence-electron chi connectivity index (χ4n) is 7.58. The minimum atomic E-state index is -1.77. The summed E-state index contributed by atoms with van der Waals surface area (Å²) in [6, 6.07) is 0. The van der Waals surface area contributed by atoms with Crippen LogP contribution in [0.3, 0.4) is 0 Å². The van der Waals surface area contributed by atoms with Gasteiger partial charge in [-0.3, -0.25) is 9.59 Å². The van der Waals surface area contributed by atoms with Crippen molar-refractivity contribution in [2.24, 2.45) is 0 Å². The third-order valence-corrected chi connectivity index (χ3v) is 11.8. The lowest BCUT2D eigenvalue weighted by molar-refractivity contribution is -0.332. The Labute approximate surface area is 395 Å². The van der Waals surface area contributed by atoms with Gasteiger partial charge in [-0.05, 0) is 70.6 Å². The average molecular weight is 941 g/mol. The summed E-state index contributed by atoms with van der Waals surface area (Å²) in [7, 11) is 0. The molecule has 2 fully saturated rings. The minimum Gasteiger partial charge on any atom is -0.462 e. The minimum absolute atomic E-state index is 0.133. The predicted molar refractivity (Wildman–Crippen MR) is 252 cm³/mol. The molecule has 2 rings (SSSR count). The molecule has 0 aromatic carbocycles. The highest BCUT2D eigenvalue weighted by atomic mass is 16.7. The largest absolute Gasteiger partial charge is 0.462 e. The summed E-state index contributed by atoms with van der Waals surface area (Å²) >= 11 is 0. The van der Waals surface area contributed by atoms with E-state index >= 15 is 0 Å². The molecule has 0 radical (unpaired) electrons. The molecule has 11 atom stereocenters. The molecule has 4 unspecified atom stereocenters. The Morgan fingerprint density at radius 3 is 1.48 bits per heavy atom. The molecule has 382 valence electrons. The van der Waals surface area contributed by atoms with Gasteiger partial charge in [0.05, 0.1) is 19.8 Å². The molecule has 0 amide bonds. The standard InChI is InChI=1S/C51H88O15/c1-3-5-7-9-11-13-15-17-18-19-20-22-23-25-27-29-31-33-42(53)61-36-39(64-43(54)34-32-30-28-26-24-21-16-14-12-10-8-6-4-2)37-62-50-49(60)47(58)45(56)41(66-50)38-63-51-48(59)46(57)44(55)40(35-52)65-51/h17-18,20-22,24-25,27,39-41,44-52,55-60H,3-16,19,23,26,28-38H2,1-2H3/b18-17+,22-20+,24-21+,27-25+/t39-,40+,41+,44-,45-,46?,47?,48?,49?,50+,51+/m0/s1. The summed E-state index contributed by atoms with van der Waals surface area (Å²) in [5.74, 6) is -1.01. The van der Waals surface area contributed by atoms with Crippen molar-refractivity contribution in [2.45, 2.75) is 235 Å². The van der Waals surface area contributed by atoms with Gasteiger partial charge in [-0.15, -0.1) is 0 Å². The highest BCUT2D eigenvalue weighted by Crippen LogP contribution is 2.26. The summed E-state index contributed by atoms with van der Waals surface area (Å²) in [5, 5.41) is 72.0. The molecule has 0 aromatic rings. The van der Waals surface area contributed by atoms with Crippen LogP contribution in [0.1, 0.15) is 168 Å². The van der Waals surface area contributed by atoms with Crippen LogP contribution in [0.4, 0.5) is 0 Å². The van der Waals surface area contributed by atoms with Crippen LogP contribution in [0.5, 0.6) is 0 Å². The van der Waals surface area contributed by atoms with Gasteiger partial charge in [0.2, 0.25) is 0 Å². The van der Waals surface area contributed by atoms with Crippen molar-refractivity contribution in [1.82, 2.24) is 0 Å². The molecule has 15 heteroatoms. The van der Waals surface area contributed by atoms with Gasteiger partial charge in [-0.1, -0.05) is 133 Å². The van der Waals surface area contributed by atoms with Gasteiger partial charge in [0.25, 0.3) is 0 Å². The Bertz CT molecular complexity index is 1340. The molecule has 2 aliphatic rings. The molecular weight excluding hydrogens is 853 g/mol. The second kappa shape index (κ2) is 38.3. The predicted octanol–water partition coefficient (Wildman–Crippen LogP) is 6.71. The maximum Gasteiger partial charge on any atom is 0.306 e. The Kier molecular flexibility index (Phi) is 34.6. The van der Waals surface area contributed by atoms with E-state index in [2.05, 4.69) is 56.4 Å². The Balaban J connectivity index is 1.85. The quantitative estimate of drug-likeness (QED) is 0.0194. The molecule has 0 aromatic heterocycles. The molecule has 15 nitrogen and oxygen atoms in total. The first kappa shape index (κ1) is 59.6. The van der Waals surface area contributed by atoms with Crippen molar-refractivity contribution < 1.29 is 73.8 Å². The van der Waals surface area contributed by atoms with Crippen LogP contribution in [0.25, 0.3) is 0 Å². The highest BCUT2D eigenvalue weighted by molar-refractivity contribution is 5.70.